The highest BCUT2D eigenvalue weighted by Gasteiger charge is 2.47. The largest absolute Gasteiger partial charge is 0.390 e. The summed E-state index contributed by atoms with van der Waals surface area (Å²) in [6.45, 7) is 2.13. The molecule has 0 saturated heterocycles. The fourth-order valence-corrected chi connectivity index (χ4v) is 3.15. The molecule has 1 N–H and O–H groups in total. The normalized spacial score (nSPS) is 49.6. The van der Waals surface area contributed by atoms with Gasteiger partial charge in [0.1, 0.15) is 0 Å². The van der Waals surface area contributed by atoms with Crippen LogP contribution < -0.4 is 0 Å². The predicted molar refractivity (Wildman–Crippen MR) is 45.3 cm³/mol. The van der Waals surface area contributed by atoms with Gasteiger partial charge < -0.3 is 5.11 Å². The van der Waals surface area contributed by atoms with Gasteiger partial charge in [-0.3, -0.25) is 0 Å². The van der Waals surface area contributed by atoms with Gasteiger partial charge >= 0.3 is 0 Å². The Morgan fingerprint density at radius 2 is 2.18 bits per heavy atom. The number of fused-ring (bicyclic) bond motifs is 1. The molecule has 1 nitrogen and oxygen atoms in total. The molecule has 0 aromatic carbocycles. The van der Waals surface area contributed by atoms with Gasteiger partial charge in [-0.15, -0.1) is 0 Å². The monoisotopic (exact) mass is 154 g/mol. The molecule has 0 bridgehead atoms. The van der Waals surface area contributed by atoms with Gasteiger partial charge in [0.15, 0.2) is 0 Å². The molecule has 0 aromatic rings. The summed E-state index contributed by atoms with van der Waals surface area (Å²) in [5, 5.41) is 10.2. The molecule has 3 atom stereocenters. The minimum absolute atomic E-state index is 0.263. The first kappa shape index (κ1) is 7.60. The van der Waals surface area contributed by atoms with Gasteiger partial charge in [-0.05, 0) is 37.5 Å². The zero-order chi connectivity index (χ0) is 7.90. The van der Waals surface area contributed by atoms with E-state index in [2.05, 4.69) is 6.92 Å². The molecule has 0 spiro atoms. The third-order valence-electron chi connectivity index (χ3n) is 3.91. The smallest absolute Gasteiger partial charge is 0.0676 e. The van der Waals surface area contributed by atoms with Crippen LogP contribution in [0.5, 0.6) is 0 Å². The number of hydrogen-bond acceptors (Lipinski definition) is 1. The molecule has 0 unspecified atom stereocenters. The molecule has 2 fully saturated rings. The van der Waals surface area contributed by atoms with E-state index in [4.69, 9.17) is 0 Å². The second-order valence-electron chi connectivity index (χ2n) is 4.29. The topological polar surface area (TPSA) is 20.2 Å². The lowest BCUT2D eigenvalue weighted by molar-refractivity contribution is -0.00542. The van der Waals surface area contributed by atoms with Gasteiger partial charge in [0, 0.05) is 0 Å². The van der Waals surface area contributed by atoms with E-state index in [-0.39, 0.29) is 5.60 Å². The minimum atomic E-state index is -0.263. The summed E-state index contributed by atoms with van der Waals surface area (Å²) in [5.41, 5.74) is -0.263. The van der Waals surface area contributed by atoms with Crippen molar-refractivity contribution >= 4 is 0 Å². The van der Waals surface area contributed by atoms with Crippen molar-refractivity contribution in [2.45, 2.75) is 51.0 Å². The van der Waals surface area contributed by atoms with Crippen LogP contribution in [0.25, 0.3) is 0 Å². The predicted octanol–water partition coefficient (Wildman–Crippen LogP) is 2.34. The lowest BCUT2D eigenvalue weighted by Gasteiger charge is -2.28. The first-order valence-corrected chi connectivity index (χ1v) is 4.98. The quantitative estimate of drug-likeness (QED) is 0.614. The Labute approximate surface area is 68.8 Å². The molecular weight excluding hydrogens is 136 g/mol. The summed E-state index contributed by atoms with van der Waals surface area (Å²) in [7, 11) is 0. The number of rotatable bonds is 1. The molecule has 2 aliphatic carbocycles. The Morgan fingerprint density at radius 1 is 1.36 bits per heavy atom. The third kappa shape index (κ3) is 1.01. The van der Waals surface area contributed by atoms with Gasteiger partial charge in [0.05, 0.1) is 5.60 Å². The van der Waals surface area contributed by atoms with Crippen molar-refractivity contribution in [1.29, 1.82) is 0 Å². The third-order valence-corrected chi connectivity index (χ3v) is 3.91. The molecule has 2 aliphatic rings. The molecule has 0 radical (unpaired) electrons. The van der Waals surface area contributed by atoms with E-state index in [1.807, 2.05) is 0 Å². The highest BCUT2D eigenvalue weighted by molar-refractivity contribution is 4.98. The SMILES string of the molecule is CC[C@@]1(O)CC[C@@H]2CCC[C@@H]21. The van der Waals surface area contributed by atoms with E-state index in [9.17, 15) is 5.11 Å². The first-order valence-electron chi connectivity index (χ1n) is 4.98. The molecule has 1 heteroatoms. The Kier molecular flexibility index (Phi) is 1.71. The lowest BCUT2D eigenvalue weighted by Crippen LogP contribution is -2.32. The van der Waals surface area contributed by atoms with E-state index in [1.54, 1.807) is 0 Å². The van der Waals surface area contributed by atoms with E-state index < -0.39 is 0 Å². The first-order chi connectivity index (χ1) is 5.26. The summed E-state index contributed by atoms with van der Waals surface area (Å²) in [6, 6.07) is 0. The highest BCUT2D eigenvalue weighted by Crippen LogP contribution is 2.50. The summed E-state index contributed by atoms with van der Waals surface area (Å²) in [6.07, 6.45) is 7.35. The fourth-order valence-electron chi connectivity index (χ4n) is 3.15. The maximum Gasteiger partial charge on any atom is 0.0676 e. The summed E-state index contributed by atoms with van der Waals surface area (Å²) in [5.74, 6) is 1.53. The van der Waals surface area contributed by atoms with Gasteiger partial charge in [-0.1, -0.05) is 19.8 Å². The lowest BCUT2D eigenvalue weighted by atomic mass is 9.86. The van der Waals surface area contributed by atoms with E-state index in [0.29, 0.717) is 5.92 Å². The van der Waals surface area contributed by atoms with Crippen LogP contribution in [0.3, 0.4) is 0 Å². The zero-order valence-electron chi connectivity index (χ0n) is 7.34. The van der Waals surface area contributed by atoms with E-state index >= 15 is 0 Å². The summed E-state index contributed by atoms with van der Waals surface area (Å²) >= 11 is 0. The van der Waals surface area contributed by atoms with Crippen LogP contribution in [0, 0.1) is 11.8 Å². The number of aliphatic hydroxyl groups is 1. The van der Waals surface area contributed by atoms with Crippen molar-refractivity contribution in [3.8, 4) is 0 Å². The molecule has 0 amide bonds. The van der Waals surface area contributed by atoms with Gasteiger partial charge in [0.25, 0.3) is 0 Å². The van der Waals surface area contributed by atoms with Gasteiger partial charge in [-0.25, -0.2) is 0 Å². The summed E-state index contributed by atoms with van der Waals surface area (Å²) in [4.78, 5) is 0. The van der Waals surface area contributed by atoms with Crippen molar-refractivity contribution in [2.24, 2.45) is 11.8 Å². The molecule has 2 rings (SSSR count). The van der Waals surface area contributed by atoms with Crippen molar-refractivity contribution in [3.05, 3.63) is 0 Å². The molecular formula is C10H18O. The van der Waals surface area contributed by atoms with Crippen molar-refractivity contribution in [2.75, 3.05) is 0 Å². The van der Waals surface area contributed by atoms with Crippen LogP contribution in [0.15, 0.2) is 0 Å². The fraction of sp³-hybridized carbons (Fsp3) is 1.00. The molecule has 0 aliphatic heterocycles. The Balaban J connectivity index is 2.14. The second-order valence-corrected chi connectivity index (χ2v) is 4.29. The maximum absolute atomic E-state index is 10.2. The van der Waals surface area contributed by atoms with Crippen LogP contribution in [0.4, 0.5) is 0 Å². The van der Waals surface area contributed by atoms with Crippen LogP contribution in [0.1, 0.15) is 45.4 Å². The Bertz CT molecular complexity index is 155. The van der Waals surface area contributed by atoms with E-state index in [1.165, 1.54) is 25.7 Å². The van der Waals surface area contributed by atoms with Crippen LogP contribution >= 0.6 is 0 Å². The standard InChI is InChI=1S/C10H18O/c1-2-10(11)7-6-8-4-3-5-9(8)10/h8-9,11H,2-7H2,1H3/t8-,9-,10+/m0/s1. The molecule has 2 saturated carbocycles. The van der Waals surface area contributed by atoms with Crippen molar-refractivity contribution in [3.63, 3.8) is 0 Å². The Morgan fingerprint density at radius 3 is 2.91 bits per heavy atom. The second kappa shape index (κ2) is 2.48. The van der Waals surface area contributed by atoms with Crippen LogP contribution in [-0.4, -0.2) is 10.7 Å². The average Bonchev–Trinajstić information content (AvgIpc) is 2.55. The van der Waals surface area contributed by atoms with Crippen LogP contribution in [-0.2, 0) is 0 Å². The average molecular weight is 154 g/mol. The molecule has 0 aromatic heterocycles. The molecule has 11 heavy (non-hydrogen) atoms. The van der Waals surface area contributed by atoms with Crippen LogP contribution in [0.2, 0.25) is 0 Å². The molecule has 64 valence electrons. The molecule has 0 heterocycles. The number of hydrogen-bond donors (Lipinski definition) is 1. The van der Waals surface area contributed by atoms with E-state index in [0.717, 1.165) is 18.8 Å². The van der Waals surface area contributed by atoms with Gasteiger partial charge in [-0.2, -0.15) is 0 Å². The zero-order valence-corrected chi connectivity index (χ0v) is 7.34. The van der Waals surface area contributed by atoms with Crippen molar-refractivity contribution < 1.29 is 5.11 Å². The van der Waals surface area contributed by atoms with Crippen molar-refractivity contribution in [1.82, 2.24) is 0 Å². The Hall–Kier alpha value is -0.0400. The summed E-state index contributed by atoms with van der Waals surface area (Å²) < 4.78 is 0. The highest BCUT2D eigenvalue weighted by atomic mass is 16.3. The minimum Gasteiger partial charge on any atom is -0.390 e. The maximum atomic E-state index is 10.2. The van der Waals surface area contributed by atoms with Gasteiger partial charge in [0.2, 0.25) is 0 Å².